The number of unbranched alkanes of at least 4 members (excludes halogenated alkanes) is 1. The number of amides is 3. The Morgan fingerprint density at radius 1 is 1.20 bits per heavy atom. The second kappa shape index (κ2) is 10.2. The van der Waals surface area contributed by atoms with Crippen molar-refractivity contribution < 1.29 is 19.5 Å². The summed E-state index contributed by atoms with van der Waals surface area (Å²) in [5, 5.41) is 19.5. The molecule has 9 nitrogen and oxygen atoms in total. The number of para-hydroxylation sites is 1. The molecule has 1 aromatic heterocycles. The highest BCUT2D eigenvalue weighted by Gasteiger charge is 2.33. The van der Waals surface area contributed by atoms with Crippen molar-refractivity contribution >= 4 is 28.6 Å². The third-order valence-corrected chi connectivity index (χ3v) is 4.73. The molecule has 0 saturated heterocycles. The molecule has 0 aliphatic heterocycles. The van der Waals surface area contributed by atoms with Crippen LogP contribution in [-0.2, 0) is 16.1 Å². The number of nitrogens with zero attached hydrogens (tertiary/aromatic N) is 2. The van der Waals surface area contributed by atoms with Crippen molar-refractivity contribution in [1.82, 2.24) is 20.4 Å². The summed E-state index contributed by atoms with van der Waals surface area (Å²) < 4.78 is 1.74. The molecule has 1 heterocycles. The van der Waals surface area contributed by atoms with Crippen LogP contribution >= 0.6 is 0 Å². The van der Waals surface area contributed by atoms with Crippen molar-refractivity contribution in [2.45, 2.75) is 52.6 Å². The first kappa shape index (κ1) is 23.3. The lowest BCUT2D eigenvalue weighted by Gasteiger charge is -2.30. The summed E-state index contributed by atoms with van der Waals surface area (Å²) >= 11 is 0. The molecule has 3 amide bonds. The molecule has 30 heavy (non-hydrogen) atoms. The van der Waals surface area contributed by atoms with E-state index < -0.39 is 17.4 Å². The van der Waals surface area contributed by atoms with Gasteiger partial charge in [0.15, 0.2) is 5.69 Å². The molecule has 0 fully saturated rings. The van der Waals surface area contributed by atoms with E-state index in [0.717, 1.165) is 5.52 Å². The van der Waals surface area contributed by atoms with E-state index in [0.29, 0.717) is 31.2 Å². The Hall–Kier alpha value is -2.94. The largest absolute Gasteiger partial charge is 0.395 e. The number of aliphatic hydroxyl groups excluding tert-OH is 1. The quantitative estimate of drug-likeness (QED) is 0.426. The number of benzene rings is 1. The van der Waals surface area contributed by atoms with Crippen molar-refractivity contribution in [2.24, 2.45) is 11.1 Å². The highest BCUT2D eigenvalue weighted by atomic mass is 16.3. The van der Waals surface area contributed by atoms with E-state index in [1.54, 1.807) is 4.68 Å². The molecule has 0 unspecified atom stereocenters. The minimum Gasteiger partial charge on any atom is -0.395 e. The van der Waals surface area contributed by atoms with Gasteiger partial charge in [0.05, 0.1) is 12.1 Å². The average molecular weight is 418 g/mol. The van der Waals surface area contributed by atoms with E-state index in [1.165, 1.54) is 0 Å². The van der Waals surface area contributed by atoms with Gasteiger partial charge in [-0.1, -0.05) is 39.0 Å². The normalized spacial score (nSPS) is 12.5. The summed E-state index contributed by atoms with van der Waals surface area (Å²) in [4.78, 5) is 36.5. The molecule has 0 aliphatic carbocycles. The molecule has 0 saturated carbocycles. The van der Waals surface area contributed by atoms with E-state index in [-0.39, 0.29) is 30.7 Å². The molecule has 1 aromatic carbocycles. The first-order valence-electron chi connectivity index (χ1n) is 10.1. The maximum absolute atomic E-state index is 13.0. The molecule has 5 N–H and O–H groups in total. The third kappa shape index (κ3) is 6.03. The predicted octanol–water partition coefficient (Wildman–Crippen LogP) is 0.945. The summed E-state index contributed by atoms with van der Waals surface area (Å²) in [5.41, 5.74) is 5.69. The number of hydrogen-bond acceptors (Lipinski definition) is 5. The highest BCUT2D eigenvalue weighted by molar-refractivity contribution is 6.06. The minimum atomic E-state index is -0.795. The number of primary amides is 1. The highest BCUT2D eigenvalue weighted by Crippen LogP contribution is 2.22. The summed E-state index contributed by atoms with van der Waals surface area (Å²) in [6, 6.07) is 6.59. The number of aromatic nitrogens is 2. The zero-order chi connectivity index (χ0) is 22.3. The van der Waals surface area contributed by atoms with Crippen molar-refractivity contribution in [1.29, 1.82) is 0 Å². The van der Waals surface area contributed by atoms with Crippen molar-refractivity contribution in [3.63, 3.8) is 0 Å². The second-order valence-corrected chi connectivity index (χ2v) is 8.30. The van der Waals surface area contributed by atoms with Crippen LogP contribution in [0.15, 0.2) is 24.3 Å². The van der Waals surface area contributed by atoms with Gasteiger partial charge in [-0.25, -0.2) is 0 Å². The van der Waals surface area contributed by atoms with E-state index in [2.05, 4.69) is 15.7 Å². The maximum atomic E-state index is 13.0. The van der Waals surface area contributed by atoms with Gasteiger partial charge in [0.25, 0.3) is 5.91 Å². The molecule has 0 bridgehead atoms. The van der Waals surface area contributed by atoms with Gasteiger partial charge in [0, 0.05) is 24.9 Å². The van der Waals surface area contributed by atoms with Gasteiger partial charge in [-0.05, 0) is 24.3 Å². The Morgan fingerprint density at radius 3 is 2.53 bits per heavy atom. The molecular formula is C21H31N5O4. The van der Waals surface area contributed by atoms with E-state index in [4.69, 9.17) is 10.8 Å². The number of aryl methyl sites for hydroxylation is 1. The van der Waals surface area contributed by atoms with E-state index >= 15 is 0 Å². The Labute approximate surface area is 176 Å². The summed E-state index contributed by atoms with van der Waals surface area (Å²) in [7, 11) is 0. The van der Waals surface area contributed by atoms with Crippen molar-refractivity contribution in [3.8, 4) is 0 Å². The van der Waals surface area contributed by atoms with Crippen LogP contribution in [0.4, 0.5) is 0 Å². The number of aliphatic hydroxyl groups is 1. The SMILES string of the molecule is CC(C)(C)[C@H](NC(=O)c1nn(CCCCC(N)=O)c2ccccc12)C(=O)NCCO. The number of carbonyl (C=O) groups excluding carboxylic acids is 3. The molecule has 2 aromatic rings. The fourth-order valence-electron chi connectivity index (χ4n) is 3.18. The van der Waals surface area contributed by atoms with Crippen LogP contribution in [-0.4, -0.2) is 51.8 Å². The van der Waals surface area contributed by atoms with Gasteiger partial charge in [-0.2, -0.15) is 5.10 Å². The standard InChI is InChI=1S/C21H31N5O4/c1-21(2,3)18(20(30)23-11-13-27)24-19(29)17-14-8-4-5-9-15(14)26(25-17)12-7-6-10-16(22)28/h4-5,8-9,18,27H,6-7,10-13H2,1-3H3,(H2,22,28)(H,23,30)(H,24,29)/t18-/m1/s1. The fraction of sp³-hybridized carbons (Fsp3) is 0.524. The Bertz CT molecular complexity index is 900. The maximum Gasteiger partial charge on any atom is 0.273 e. The van der Waals surface area contributed by atoms with Crippen LogP contribution in [0.2, 0.25) is 0 Å². The van der Waals surface area contributed by atoms with Crippen LogP contribution in [0.1, 0.15) is 50.5 Å². The van der Waals surface area contributed by atoms with Crippen molar-refractivity contribution in [3.05, 3.63) is 30.0 Å². The van der Waals surface area contributed by atoms with Crippen LogP contribution < -0.4 is 16.4 Å². The predicted molar refractivity (Wildman–Crippen MR) is 114 cm³/mol. The molecule has 164 valence electrons. The smallest absolute Gasteiger partial charge is 0.273 e. The van der Waals surface area contributed by atoms with Crippen LogP contribution in [0.3, 0.4) is 0 Å². The van der Waals surface area contributed by atoms with E-state index in [1.807, 2.05) is 45.0 Å². The first-order chi connectivity index (χ1) is 14.1. The summed E-state index contributed by atoms with van der Waals surface area (Å²) in [5.74, 6) is -1.14. The minimum absolute atomic E-state index is 0.115. The summed E-state index contributed by atoms with van der Waals surface area (Å²) in [6.07, 6.45) is 1.65. The number of nitrogens with one attached hydrogen (secondary N) is 2. The van der Waals surface area contributed by atoms with E-state index in [9.17, 15) is 14.4 Å². The van der Waals surface area contributed by atoms with Crippen LogP contribution in [0.25, 0.3) is 10.9 Å². The topological polar surface area (TPSA) is 139 Å². The number of hydrogen-bond donors (Lipinski definition) is 4. The lowest BCUT2D eigenvalue weighted by Crippen LogP contribution is -2.54. The van der Waals surface area contributed by atoms with Gasteiger partial charge in [0.2, 0.25) is 11.8 Å². The zero-order valence-corrected chi connectivity index (χ0v) is 17.8. The molecule has 0 radical (unpaired) electrons. The molecule has 1 atom stereocenters. The molecular weight excluding hydrogens is 386 g/mol. The van der Waals surface area contributed by atoms with Crippen LogP contribution in [0.5, 0.6) is 0 Å². The summed E-state index contributed by atoms with van der Waals surface area (Å²) in [6.45, 7) is 6.04. The number of carbonyl (C=O) groups is 3. The molecule has 0 spiro atoms. The number of rotatable bonds is 10. The zero-order valence-electron chi connectivity index (χ0n) is 17.8. The Morgan fingerprint density at radius 2 is 1.90 bits per heavy atom. The second-order valence-electron chi connectivity index (χ2n) is 8.30. The Balaban J connectivity index is 2.24. The lowest BCUT2D eigenvalue weighted by atomic mass is 9.86. The molecule has 2 rings (SSSR count). The average Bonchev–Trinajstić information content (AvgIpc) is 3.05. The molecule has 0 aliphatic rings. The van der Waals surface area contributed by atoms with Gasteiger partial charge in [-0.3, -0.25) is 19.1 Å². The van der Waals surface area contributed by atoms with Gasteiger partial charge < -0.3 is 21.5 Å². The number of nitrogens with two attached hydrogens (primary N) is 1. The van der Waals surface area contributed by atoms with Crippen molar-refractivity contribution in [2.75, 3.05) is 13.2 Å². The van der Waals surface area contributed by atoms with Gasteiger partial charge in [-0.15, -0.1) is 0 Å². The Kier molecular flexibility index (Phi) is 7.93. The number of fused-ring (bicyclic) bond motifs is 1. The first-order valence-corrected chi connectivity index (χ1v) is 10.1. The lowest BCUT2D eigenvalue weighted by molar-refractivity contribution is -0.125. The fourth-order valence-corrected chi connectivity index (χ4v) is 3.18. The third-order valence-electron chi connectivity index (χ3n) is 4.73. The molecule has 9 heteroatoms. The van der Waals surface area contributed by atoms with Gasteiger partial charge >= 0.3 is 0 Å². The van der Waals surface area contributed by atoms with Gasteiger partial charge in [0.1, 0.15) is 6.04 Å². The van der Waals surface area contributed by atoms with Crippen LogP contribution in [0, 0.1) is 5.41 Å². The monoisotopic (exact) mass is 417 g/mol.